The smallest absolute Gasteiger partial charge is 0.338 e. The number of methoxy groups -OCH3 is 1. The van der Waals surface area contributed by atoms with E-state index in [9.17, 15) is 19.2 Å². The van der Waals surface area contributed by atoms with E-state index in [2.05, 4.69) is 17.4 Å². The number of fused-ring (bicyclic) bond motifs is 1. The van der Waals surface area contributed by atoms with Crippen LogP contribution in [0.2, 0.25) is 5.02 Å². The Bertz CT molecular complexity index is 1430. The van der Waals surface area contributed by atoms with Gasteiger partial charge in [-0.3, -0.25) is 19.3 Å². The molecule has 1 saturated carbocycles. The molecule has 2 fully saturated rings. The number of rotatable bonds is 7. The van der Waals surface area contributed by atoms with Crippen molar-refractivity contribution in [1.82, 2.24) is 0 Å². The second-order valence-corrected chi connectivity index (χ2v) is 10.1. The number of imide groups is 1. The van der Waals surface area contributed by atoms with Crippen molar-refractivity contribution >= 4 is 46.7 Å². The maximum atomic E-state index is 13.4. The van der Waals surface area contributed by atoms with Crippen LogP contribution >= 0.6 is 11.6 Å². The topological polar surface area (TPSA) is 102 Å². The number of nitrogens with one attached hydrogen (secondary N) is 1. The Hall–Kier alpha value is -4.17. The van der Waals surface area contributed by atoms with Crippen molar-refractivity contribution < 1.29 is 28.7 Å². The van der Waals surface area contributed by atoms with E-state index in [1.165, 1.54) is 35.8 Å². The molecule has 1 saturated heterocycles. The van der Waals surface area contributed by atoms with Crippen LogP contribution in [0.1, 0.15) is 41.1 Å². The lowest BCUT2D eigenvalue weighted by molar-refractivity contribution is -0.122. The van der Waals surface area contributed by atoms with Gasteiger partial charge in [-0.1, -0.05) is 48.0 Å². The van der Waals surface area contributed by atoms with Crippen molar-refractivity contribution in [3.8, 4) is 5.75 Å². The molecule has 39 heavy (non-hydrogen) atoms. The molecule has 0 aromatic heterocycles. The number of ether oxygens (including phenoxy) is 2. The van der Waals surface area contributed by atoms with Crippen molar-refractivity contribution in [2.24, 2.45) is 11.8 Å². The fraction of sp³-hybridized carbons (Fsp3) is 0.267. The molecule has 5 rings (SSSR count). The van der Waals surface area contributed by atoms with Crippen LogP contribution in [-0.4, -0.2) is 37.4 Å². The first kappa shape index (κ1) is 26.4. The number of nitrogens with zero attached hydrogens (tertiary/aromatic N) is 1. The molecule has 0 unspecified atom stereocenters. The van der Waals surface area contributed by atoms with Gasteiger partial charge < -0.3 is 14.8 Å². The summed E-state index contributed by atoms with van der Waals surface area (Å²) in [6.07, 6.45) is 2.09. The van der Waals surface area contributed by atoms with Gasteiger partial charge in [0, 0.05) is 5.02 Å². The molecule has 2 aliphatic rings. The molecular weight excluding hydrogens is 520 g/mol. The van der Waals surface area contributed by atoms with Crippen LogP contribution in [0.3, 0.4) is 0 Å². The summed E-state index contributed by atoms with van der Waals surface area (Å²) in [6.45, 7) is -0.550. The number of esters is 1. The van der Waals surface area contributed by atoms with Gasteiger partial charge >= 0.3 is 5.97 Å². The summed E-state index contributed by atoms with van der Waals surface area (Å²) in [7, 11) is 1.46. The molecular formula is C30H27ClN2O6. The maximum absolute atomic E-state index is 13.4. The van der Waals surface area contributed by atoms with Crippen molar-refractivity contribution in [3.05, 3.63) is 88.9 Å². The van der Waals surface area contributed by atoms with Crippen LogP contribution in [0.25, 0.3) is 0 Å². The maximum Gasteiger partial charge on any atom is 0.338 e. The average Bonchev–Trinajstić information content (AvgIpc) is 3.21. The monoisotopic (exact) mass is 546 g/mol. The third-order valence-electron chi connectivity index (χ3n) is 7.31. The van der Waals surface area contributed by atoms with E-state index < -0.39 is 18.5 Å². The van der Waals surface area contributed by atoms with E-state index >= 15 is 0 Å². The second-order valence-electron chi connectivity index (χ2n) is 9.66. The Morgan fingerprint density at radius 1 is 0.949 bits per heavy atom. The zero-order chi connectivity index (χ0) is 27.5. The van der Waals surface area contributed by atoms with Gasteiger partial charge in [0.05, 0.1) is 35.9 Å². The van der Waals surface area contributed by atoms with E-state index in [0.29, 0.717) is 35.0 Å². The molecule has 3 atom stereocenters. The minimum Gasteiger partial charge on any atom is -0.495 e. The SMILES string of the molecule is COc1ccc(Cl)cc1NC(=O)COC(=O)c1cccc(N2C(=O)[C@@H]3CC[C@H](c4ccccc4)C[C@H]3C2=O)c1. The van der Waals surface area contributed by atoms with Gasteiger partial charge in [0.25, 0.3) is 5.91 Å². The minimum absolute atomic E-state index is 0.123. The van der Waals surface area contributed by atoms with Crippen LogP contribution in [0.15, 0.2) is 72.8 Å². The number of anilines is 2. The highest BCUT2D eigenvalue weighted by molar-refractivity contribution is 6.31. The lowest BCUT2D eigenvalue weighted by Crippen LogP contribution is -2.31. The van der Waals surface area contributed by atoms with E-state index in [4.69, 9.17) is 21.1 Å². The first-order chi connectivity index (χ1) is 18.9. The molecule has 3 aromatic carbocycles. The van der Waals surface area contributed by atoms with Crippen molar-refractivity contribution in [3.63, 3.8) is 0 Å². The highest BCUT2D eigenvalue weighted by atomic mass is 35.5. The number of hydrogen-bond donors (Lipinski definition) is 1. The lowest BCUT2D eigenvalue weighted by Gasteiger charge is -2.28. The molecule has 1 aliphatic carbocycles. The number of carbonyl (C=O) groups is 4. The minimum atomic E-state index is -0.759. The standard InChI is InChI=1S/C30H27ClN2O6/c1-38-26-13-11-21(31)16-25(26)32-27(34)17-39-30(37)20-8-5-9-22(14-20)33-28(35)23-12-10-19(15-24(23)29(33)36)18-6-3-2-4-7-18/h2-9,11,13-14,16,19,23-24H,10,12,15,17H2,1H3,(H,32,34)/t19-,23+,24+/m0/s1. The van der Waals surface area contributed by atoms with Gasteiger partial charge in [0.15, 0.2) is 6.61 Å². The first-order valence-corrected chi connectivity index (χ1v) is 13.1. The summed E-state index contributed by atoms with van der Waals surface area (Å²) in [4.78, 5) is 52.9. The van der Waals surface area contributed by atoms with Crippen LogP contribution in [0, 0.1) is 11.8 Å². The predicted octanol–water partition coefficient (Wildman–Crippen LogP) is 5.22. The Morgan fingerprint density at radius 3 is 2.49 bits per heavy atom. The van der Waals surface area contributed by atoms with Crippen molar-refractivity contribution in [2.75, 3.05) is 23.9 Å². The molecule has 1 heterocycles. The van der Waals surface area contributed by atoms with Crippen LogP contribution < -0.4 is 15.0 Å². The van der Waals surface area contributed by atoms with E-state index in [0.717, 1.165) is 6.42 Å². The highest BCUT2D eigenvalue weighted by Crippen LogP contribution is 2.45. The molecule has 1 aliphatic heterocycles. The van der Waals surface area contributed by atoms with Crippen molar-refractivity contribution in [2.45, 2.75) is 25.2 Å². The van der Waals surface area contributed by atoms with Gasteiger partial charge in [-0.15, -0.1) is 0 Å². The number of carbonyl (C=O) groups excluding carboxylic acids is 4. The summed E-state index contributed by atoms with van der Waals surface area (Å²) in [5, 5.41) is 3.00. The van der Waals surface area contributed by atoms with Gasteiger partial charge in [-0.05, 0) is 67.1 Å². The molecule has 0 radical (unpaired) electrons. The number of benzene rings is 3. The van der Waals surface area contributed by atoms with Crippen LogP contribution in [0.4, 0.5) is 11.4 Å². The Labute approximate surface area is 230 Å². The zero-order valence-corrected chi connectivity index (χ0v) is 22.0. The Kier molecular flexibility index (Phi) is 7.65. The lowest BCUT2D eigenvalue weighted by atomic mass is 9.73. The van der Waals surface area contributed by atoms with Crippen molar-refractivity contribution in [1.29, 1.82) is 0 Å². The average molecular weight is 547 g/mol. The number of hydrogen-bond acceptors (Lipinski definition) is 6. The Balaban J connectivity index is 1.24. The molecule has 200 valence electrons. The second kappa shape index (κ2) is 11.3. The fourth-order valence-corrected chi connectivity index (χ4v) is 5.58. The molecule has 8 nitrogen and oxygen atoms in total. The largest absolute Gasteiger partial charge is 0.495 e. The molecule has 1 N–H and O–H groups in total. The molecule has 0 bridgehead atoms. The van der Waals surface area contributed by atoms with Gasteiger partial charge in [-0.2, -0.15) is 0 Å². The van der Waals surface area contributed by atoms with E-state index in [-0.39, 0.29) is 35.1 Å². The predicted molar refractivity (Wildman–Crippen MR) is 146 cm³/mol. The summed E-state index contributed by atoms with van der Waals surface area (Å²) >= 11 is 5.98. The number of halogens is 1. The number of amides is 3. The zero-order valence-electron chi connectivity index (χ0n) is 21.3. The van der Waals surface area contributed by atoms with Gasteiger partial charge in [-0.25, -0.2) is 4.79 Å². The Morgan fingerprint density at radius 2 is 1.72 bits per heavy atom. The molecule has 9 heteroatoms. The van der Waals surface area contributed by atoms with Crippen LogP contribution in [0.5, 0.6) is 5.75 Å². The summed E-state index contributed by atoms with van der Waals surface area (Å²) in [5.41, 5.74) is 1.96. The first-order valence-electron chi connectivity index (χ1n) is 12.7. The third kappa shape index (κ3) is 5.52. The van der Waals surface area contributed by atoms with Crippen LogP contribution in [-0.2, 0) is 19.1 Å². The molecule has 3 aromatic rings. The van der Waals surface area contributed by atoms with E-state index in [1.54, 1.807) is 24.3 Å². The van der Waals surface area contributed by atoms with Gasteiger partial charge in [0.1, 0.15) is 5.75 Å². The molecule has 3 amide bonds. The normalized spacial score (nSPS) is 20.4. The molecule has 0 spiro atoms. The summed E-state index contributed by atoms with van der Waals surface area (Å²) in [5.74, 6) is -1.94. The fourth-order valence-electron chi connectivity index (χ4n) is 5.41. The van der Waals surface area contributed by atoms with E-state index in [1.807, 2.05) is 18.2 Å². The third-order valence-corrected chi connectivity index (χ3v) is 7.54. The highest BCUT2D eigenvalue weighted by Gasteiger charge is 2.50. The summed E-state index contributed by atoms with van der Waals surface area (Å²) < 4.78 is 10.4. The summed E-state index contributed by atoms with van der Waals surface area (Å²) in [6, 6.07) is 21.0. The quantitative estimate of drug-likeness (QED) is 0.322. The van der Waals surface area contributed by atoms with Gasteiger partial charge in [0.2, 0.25) is 11.8 Å².